The lowest BCUT2D eigenvalue weighted by Crippen LogP contribution is -2.36. The summed E-state index contributed by atoms with van der Waals surface area (Å²) in [4.78, 5) is 16.8. The second kappa shape index (κ2) is 9.22. The maximum absolute atomic E-state index is 12.4. The number of nitrogens with zero attached hydrogens (tertiary/aromatic N) is 2. The highest BCUT2D eigenvalue weighted by Crippen LogP contribution is 2.37. The zero-order valence-corrected chi connectivity index (χ0v) is 18.4. The fourth-order valence-corrected chi connectivity index (χ4v) is 4.91. The highest BCUT2D eigenvalue weighted by atomic mass is 16.6. The minimum atomic E-state index is -0.224. The molecule has 0 radical (unpaired) electrons. The van der Waals surface area contributed by atoms with Gasteiger partial charge in [-0.1, -0.05) is 68.8 Å². The first-order valence-electron chi connectivity index (χ1n) is 11.5. The standard InChI is InChI=1S/C26H34N2O2/c1-3-27(4-2)19-23-10-6-7-11-24(23)22-14-12-21(13-15-22)18-28-20-26(30-25(28)29)16-8-5-9-17-26/h6-7,10-15H,3-5,8-9,16-20H2,1-2H3. The molecule has 2 aromatic carbocycles. The van der Waals surface area contributed by atoms with Crippen LogP contribution in [0, 0.1) is 0 Å². The number of hydrogen-bond donors (Lipinski definition) is 0. The number of carbonyl (C=O) groups excluding carboxylic acids is 1. The molecule has 0 unspecified atom stereocenters. The first kappa shape index (κ1) is 20.9. The largest absolute Gasteiger partial charge is 0.441 e. The Morgan fingerprint density at radius 1 is 0.967 bits per heavy atom. The van der Waals surface area contributed by atoms with Gasteiger partial charge in [-0.25, -0.2) is 4.79 Å². The van der Waals surface area contributed by atoms with Gasteiger partial charge >= 0.3 is 6.09 Å². The molecule has 1 aliphatic carbocycles. The molecule has 1 amide bonds. The van der Waals surface area contributed by atoms with Crippen molar-refractivity contribution in [3.05, 3.63) is 59.7 Å². The SMILES string of the molecule is CCN(CC)Cc1ccccc1-c1ccc(CN2CC3(CCCCC3)OC2=O)cc1. The van der Waals surface area contributed by atoms with E-state index in [9.17, 15) is 4.79 Å². The molecule has 1 heterocycles. The Morgan fingerprint density at radius 2 is 1.67 bits per heavy atom. The summed E-state index contributed by atoms with van der Waals surface area (Å²) in [5.74, 6) is 0. The van der Waals surface area contributed by atoms with Gasteiger partial charge in [-0.05, 0) is 61.0 Å². The van der Waals surface area contributed by atoms with Gasteiger partial charge in [0, 0.05) is 13.1 Å². The van der Waals surface area contributed by atoms with Gasteiger partial charge in [0.2, 0.25) is 0 Å². The second-order valence-corrected chi connectivity index (χ2v) is 8.78. The number of benzene rings is 2. The lowest BCUT2D eigenvalue weighted by molar-refractivity contribution is 0.0260. The van der Waals surface area contributed by atoms with Crippen molar-refractivity contribution >= 4 is 6.09 Å². The molecule has 0 bridgehead atoms. The fraction of sp³-hybridized carbons (Fsp3) is 0.500. The molecule has 1 aliphatic heterocycles. The van der Waals surface area contributed by atoms with Crippen molar-refractivity contribution in [3.8, 4) is 11.1 Å². The van der Waals surface area contributed by atoms with Gasteiger partial charge in [0.1, 0.15) is 5.60 Å². The molecule has 1 saturated carbocycles. The maximum Gasteiger partial charge on any atom is 0.410 e. The quantitative estimate of drug-likeness (QED) is 0.578. The molecule has 0 aromatic heterocycles. The van der Waals surface area contributed by atoms with Crippen LogP contribution in [0.15, 0.2) is 48.5 Å². The summed E-state index contributed by atoms with van der Waals surface area (Å²) in [5.41, 5.74) is 4.81. The normalized spacial score (nSPS) is 18.2. The summed E-state index contributed by atoms with van der Waals surface area (Å²) in [7, 11) is 0. The minimum Gasteiger partial charge on any atom is -0.441 e. The van der Waals surface area contributed by atoms with E-state index in [2.05, 4.69) is 67.3 Å². The highest BCUT2D eigenvalue weighted by Gasteiger charge is 2.45. The fourth-order valence-electron chi connectivity index (χ4n) is 4.91. The Bertz CT molecular complexity index is 852. The first-order valence-corrected chi connectivity index (χ1v) is 11.5. The number of carbonyl (C=O) groups is 1. The summed E-state index contributed by atoms with van der Waals surface area (Å²) in [6.07, 6.45) is 5.47. The van der Waals surface area contributed by atoms with E-state index in [-0.39, 0.29) is 11.7 Å². The minimum absolute atomic E-state index is 0.148. The maximum atomic E-state index is 12.4. The van der Waals surface area contributed by atoms with Gasteiger partial charge in [0.15, 0.2) is 0 Å². The van der Waals surface area contributed by atoms with Crippen LogP contribution in [0.3, 0.4) is 0 Å². The van der Waals surface area contributed by atoms with Gasteiger partial charge in [0.25, 0.3) is 0 Å². The molecule has 2 aliphatic rings. The molecule has 4 rings (SSSR count). The Balaban J connectivity index is 1.46. The third-order valence-electron chi connectivity index (χ3n) is 6.75. The Labute approximate surface area is 180 Å². The van der Waals surface area contributed by atoms with Crippen molar-refractivity contribution in [2.24, 2.45) is 0 Å². The van der Waals surface area contributed by atoms with E-state index in [0.717, 1.165) is 44.6 Å². The van der Waals surface area contributed by atoms with Crippen molar-refractivity contribution in [2.45, 2.75) is 64.6 Å². The van der Waals surface area contributed by atoms with E-state index >= 15 is 0 Å². The Kier molecular flexibility index (Phi) is 6.43. The van der Waals surface area contributed by atoms with Crippen LogP contribution in [0.2, 0.25) is 0 Å². The molecule has 1 saturated heterocycles. The summed E-state index contributed by atoms with van der Waals surface area (Å²) < 4.78 is 5.82. The van der Waals surface area contributed by atoms with Crippen LogP contribution in [0.4, 0.5) is 4.79 Å². The van der Waals surface area contributed by atoms with E-state index < -0.39 is 0 Å². The molecule has 4 heteroatoms. The van der Waals surface area contributed by atoms with Gasteiger partial charge in [-0.3, -0.25) is 9.80 Å². The number of rotatable bonds is 7. The average molecular weight is 407 g/mol. The number of amides is 1. The van der Waals surface area contributed by atoms with Crippen molar-refractivity contribution < 1.29 is 9.53 Å². The van der Waals surface area contributed by atoms with E-state index in [1.54, 1.807) is 0 Å². The topological polar surface area (TPSA) is 32.8 Å². The van der Waals surface area contributed by atoms with Crippen LogP contribution in [-0.4, -0.2) is 41.1 Å². The summed E-state index contributed by atoms with van der Waals surface area (Å²) in [6, 6.07) is 17.4. The van der Waals surface area contributed by atoms with E-state index in [1.807, 2.05) is 4.90 Å². The van der Waals surface area contributed by atoms with Gasteiger partial charge in [-0.15, -0.1) is 0 Å². The van der Waals surface area contributed by atoms with E-state index in [0.29, 0.717) is 6.54 Å². The molecule has 2 aromatic rings. The molecule has 4 nitrogen and oxygen atoms in total. The zero-order chi connectivity index (χ0) is 21.0. The first-order chi connectivity index (χ1) is 14.6. The summed E-state index contributed by atoms with van der Waals surface area (Å²) in [5, 5.41) is 0. The van der Waals surface area contributed by atoms with Crippen LogP contribution in [0.25, 0.3) is 11.1 Å². The van der Waals surface area contributed by atoms with Crippen molar-refractivity contribution in [2.75, 3.05) is 19.6 Å². The molecule has 2 fully saturated rings. The lowest BCUT2D eigenvalue weighted by Gasteiger charge is -2.30. The van der Waals surface area contributed by atoms with Gasteiger partial charge in [0.05, 0.1) is 6.54 Å². The lowest BCUT2D eigenvalue weighted by atomic mass is 9.85. The molecule has 30 heavy (non-hydrogen) atoms. The molecule has 0 atom stereocenters. The number of hydrogen-bond acceptors (Lipinski definition) is 3. The third-order valence-corrected chi connectivity index (χ3v) is 6.75. The molecule has 0 N–H and O–H groups in total. The summed E-state index contributed by atoms with van der Waals surface area (Å²) in [6.45, 7) is 8.85. The predicted molar refractivity (Wildman–Crippen MR) is 121 cm³/mol. The second-order valence-electron chi connectivity index (χ2n) is 8.78. The van der Waals surface area contributed by atoms with Crippen LogP contribution >= 0.6 is 0 Å². The van der Waals surface area contributed by atoms with Crippen molar-refractivity contribution in [1.29, 1.82) is 0 Å². The third kappa shape index (κ3) is 4.54. The van der Waals surface area contributed by atoms with Crippen LogP contribution in [0.1, 0.15) is 57.1 Å². The highest BCUT2D eigenvalue weighted by molar-refractivity contribution is 5.71. The molecular weight excluding hydrogens is 372 g/mol. The summed E-state index contributed by atoms with van der Waals surface area (Å²) >= 11 is 0. The van der Waals surface area contributed by atoms with Crippen LogP contribution in [0.5, 0.6) is 0 Å². The molecule has 160 valence electrons. The van der Waals surface area contributed by atoms with Gasteiger partial charge in [-0.2, -0.15) is 0 Å². The smallest absolute Gasteiger partial charge is 0.410 e. The van der Waals surface area contributed by atoms with Crippen molar-refractivity contribution in [3.63, 3.8) is 0 Å². The monoisotopic (exact) mass is 406 g/mol. The van der Waals surface area contributed by atoms with Crippen LogP contribution < -0.4 is 0 Å². The zero-order valence-electron chi connectivity index (χ0n) is 18.4. The Hall–Kier alpha value is -2.33. The predicted octanol–water partition coefficient (Wildman–Crippen LogP) is 5.85. The molecular formula is C26H34N2O2. The van der Waals surface area contributed by atoms with Crippen LogP contribution in [-0.2, 0) is 17.8 Å². The number of ether oxygens (including phenoxy) is 1. The molecule has 1 spiro atoms. The van der Waals surface area contributed by atoms with E-state index in [4.69, 9.17) is 4.74 Å². The Morgan fingerprint density at radius 3 is 2.37 bits per heavy atom. The van der Waals surface area contributed by atoms with E-state index in [1.165, 1.54) is 36.0 Å². The van der Waals surface area contributed by atoms with Gasteiger partial charge < -0.3 is 4.74 Å². The average Bonchev–Trinajstić information content (AvgIpc) is 3.07. The van der Waals surface area contributed by atoms with Crippen molar-refractivity contribution in [1.82, 2.24) is 9.80 Å².